The van der Waals surface area contributed by atoms with Gasteiger partial charge in [0, 0.05) is 26.2 Å². The molecule has 21 heavy (non-hydrogen) atoms. The topological polar surface area (TPSA) is 43.9 Å². The van der Waals surface area contributed by atoms with E-state index >= 15 is 0 Å². The van der Waals surface area contributed by atoms with E-state index in [0.29, 0.717) is 5.75 Å². The highest BCUT2D eigenvalue weighted by atomic mass is 32.2. The lowest BCUT2D eigenvalue weighted by Gasteiger charge is -2.34. The van der Waals surface area contributed by atoms with Crippen molar-refractivity contribution in [3.63, 3.8) is 0 Å². The first kappa shape index (κ1) is 14.9. The highest BCUT2D eigenvalue weighted by molar-refractivity contribution is 8.00. The van der Waals surface area contributed by atoms with Crippen LogP contribution in [-0.4, -0.2) is 72.0 Å². The van der Waals surface area contributed by atoms with Gasteiger partial charge in [-0.2, -0.15) is 11.3 Å². The van der Waals surface area contributed by atoms with Crippen molar-refractivity contribution in [2.75, 3.05) is 45.5 Å². The van der Waals surface area contributed by atoms with E-state index < -0.39 is 0 Å². The number of likely N-dealkylation sites (N-methyl/N-ethyl adjacent to an activating group) is 1. The van der Waals surface area contributed by atoms with Gasteiger partial charge in [0.1, 0.15) is 11.9 Å². The van der Waals surface area contributed by atoms with Gasteiger partial charge in [0.05, 0.1) is 5.75 Å². The van der Waals surface area contributed by atoms with E-state index in [-0.39, 0.29) is 23.7 Å². The van der Waals surface area contributed by atoms with Crippen molar-refractivity contribution < 1.29 is 9.59 Å². The standard InChI is InChI=1S/C14H19N3O2S2/c1-15-3-5-16(6-4-15)12(18)8-17-13(19)10-21-14(17)11-2-7-20-9-11/h2,7,9,14H,3-6,8,10H2,1H3. The number of thioether (sulfide) groups is 1. The smallest absolute Gasteiger partial charge is 0.242 e. The molecule has 2 aliphatic heterocycles. The molecule has 2 fully saturated rings. The molecule has 2 aliphatic rings. The highest BCUT2D eigenvalue weighted by Crippen LogP contribution is 2.39. The maximum Gasteiger partial charge on any atom is 0.242 e. The zero-order valence-electron chi connectivity index (χ0n) is 12.0. The third-order valence-corrected chi connectivity index (χ3v) is 5.92. The van der Waals surface area contributed by atoms with E-state index in [1.165, 1.54) is 0 Å². The lowest BCUT2D eigenvalue weighted by molar-refractivity contribution is -0.140. The third kappa shape index (κ3) is 3.25. The molecule has 0 spiro atoms. The number of nitrogens with zero attached hydrogens (tertiary/aromatic N) is 3. The van der Waals surface area contributed by atoms with Crippen molar-refractivity contribution in [3.05, 3.63) is 22.4 Å². The first-order valence-electron chi connectivity index (χ1n) is 7.04. The van der Waals surface area contributed by atoms with Crippen molar-refractivity contribution in [2.24, 2.45) is 0 Å². The third-order valence-electron chi connectivity index (χ3n) is 3.96. The van der Waals surface area contributed by atoms with Gasteiger partial charge in [0.15, 0.2) is 0 Å². The molecule has 5 nitrogen and oxygen atoms in total. The molecule has 1 aromatic rings. The highest BCUT2D eigenvalue weighted by Gasteiger charge is 2.35. The summed E-state index contributed by atoms with van der Waals surface area (Å²) in [6, 6.07) is 2.04. The molecule has 7 heteroatoms. The fourth-order valence-corrected chi connectivity index (χ4v) is 4.56. The fourth-order valence-electron chi connectivity index (χ4n) is 2.62. The maximum absolute atomic E-state index is 12.4. The number of rotatable bonds is 3. The second-order valence-electron chi connectivity index (χ2n) is 5.43. The predicted molar refractivity (Wildman–Crippen MR) is 85.3 cm³/mol. The lowest BCUT2D eigenvalue weighted by atomic mass is 10.2. The van der Waals surface area contributed by atoms with Crippen LogP contribution in [0.25, 0.3) is 0 Å². The molecule has 1 unspecified atom stereocenters. The Kier molecular flexibility index (Phi) is 4.51. The Morgan fingerprint density at radius 1 is 1.33 bits per heavy atom. The minimum atomic E-state index is 0.000152. The van der Waals surface area contributed by atoms with Gasteiger partial charge >= 0.3 is 0 Å². The van der Waals surface area contributed by atoms with Crippen LogP contribution in [0.4, 0.5) is 0 Å². The van der Waals surface area contributed by atoms with E-state index in [1.807, 2.05) is 16.3 Å². The molecule has 0 aliphatic carbocycles. The molecule has 0 radical (unpaired) electrons. The summed E-state index contributed by atoms with van der Waals surface area (Å²) in [5.41, 5.74) is 1.13. The zero-order chi connectivity index (χ0) is 14.8. The maximum atomic E-state index is 12.4. The fraction of sp³-hybridized carbons (Fsp3) is 0.571. The van der Waals surface area contributed by atoms with Gasteiger partial charge < -0.3 is 14.7 Å². The normalized spacial score (nSPS) is 23.9. The minimum Gasteiger partial charge on any atom is -0.339 e. The first-order valence-corrected chi connectivity index (χ1v) is 9.04. The molecule has 0 N–H and O–H groups in total. The van der Waals surface area contributed by atoms with Crippen molar-refractivity contribution in [1.29, 1.82) is 0 Å². The van der Waals surface area contributed by atoms with Crippen LogP contribution in [-0.2, 0) is 9.59 Å². The number of carbonyl (C=O) groups is 2. The second kappa shape index (κ2) is 6.37. The average Bonchev–Trinajstić information content (AvgIpc) is 3.10. The van der Waals surface area contributed by atoms with Gasteiger partial charge in [-0.15, -0.1) is 11.8 Å². The molecular weight excluding hydrogens is 306 g/mol. The molecule has 0 saturated carbocycles. The van der Waals surface area contributed by atoms with Gasteiger partial charge in [-0.1, -0.05) is 0 Å². The Balaban J connectivity index is 1.64. The monoisotopic (exact) mass is 325 g/mol. The summed E-state index contributed by atoms with van der Waals surface area (Å²) in [7, 11) is 2.06. The number of piperazine rings is 1. The van der Waals surface area contributed by atoms with Gasteiger partial charge in [-0.3, -0.25) is 9.59 Å². The van der Waals surface area contributed by atoms with Crippen LogP contribution in [0.2, 0.25) is 0 Å². The Labute approximate surface area is 132 Å². The van der Waals surface area contributed by atoms with Crippen molar-refractivity contribution in [2.45, 2.75) is 5.37 Å². The van der Waals surface area contributed by atoms with E-state index in [0.717, 1.165) is 31.7 Å². The number of carbonyl (C=O) groups excluding carboxylic acids is 2. The van der Waals surface area contributed by atoms with Crippen LogP contribution in [0.15, 0.2) is 16.8 Å². The molecule has 2 saturated heterocycles. The van der Waals surface area contributed by atoms with Gasteiger partial charge in [-0.05, 0) is 29.4 Å². The molecule has 3 heterocycles. The van der Waals surface area contributed by atoms with Crippen LogP contribution in [0.3, 0.4) is 0 Å². The van der Waals surface area contributed by atoms with Crippen molar-refractivity contribution in [1.82, 2.24) is 14.7 Å². The van der Waals surface area contributed by atoms with Crippen LogP contribution in [0, 0.1) is 0 Å². The summed E-state index contributed by atoms with van der Waals surface area (Å²) in [5, 5.41) is 4.07. The quantitative estimate of drug-likeness (QED) is 0.835. The van der Waals surface area contributed by atoms with Gasteiger partial charge in [0.25, 0.3) is 0 Å². The summed E-state index contributed by atoms with van der Waals surface area (Å²) in [4.78, 5) is 30.3. The lowest BCUT2D eigenvalue weighted by Crippen LogP contribution is -2.50. The number of hydrogen-bond acceptors (Lipinski definition) is 5. The summed E-state index contributed by atoms with van der Waals surface area (Å²) in [6.45, 7) is 3.53. The van der Waals surface area contributed by atoms with Crippen LogP contribution < -0.4 is 0 Å². The number of thiophene rings is 1. The Hall–Kier alpha value is -1.05. The molecule has 1 aromatic heterocycles. The molecule has 0 bridgehead atoms. The average molecular weight is 325 g/mol. The Bertz CT molecular complexity index is 512. The van der Waals surface area contributed by atoms with Gasteiger partial charge in [-0.25, -0.2) is 0 Å². The second-order valence-corrected chi connectivity index (χ2v) is 7.27. The number of amides is 2. The summed E-state index contributed by atoms with van der Waals surface area (Å²) in [6.07, 6.45) is 0. The van der Waals surface area contributed by atoms with E-state index in [9.17, 15) is 9.59 Å². The molecular formula is C14H19N3O2S2. The van der Waals surface area contributed by atoms with E-state index in [1.54, 1.807) is 28.0 Å². The molecule has 114 valence electrons. The minimum absolute atomic E-state index is 0.000152. The molecule has 2 amide bonds. The predicted octanol–water partition coefficient (Wildman–Crippen LogP) is 1.10. The number of hydrogen-bond donors (Lipinski definition) is 0. The Morgan fingerprint density at radius 3 is 2.76 bits per heavy atom. The Morgan fingerprint density at radius 2 is 2.10 bits per heavy atom. The SMILES string of the molecule is CN1CCN(C(=O)CN2C(=O)CSC2c2ccsc2)CC1. The largest absolute Gasteiger partial charge is 0.339 e. The van der Waals surface area contributed by atoms with Crippen LogP contribution in [0.1, 0.15) is 10.9 Å². The van der Waals surface area contributed by atoms with E-state index in [2.05, 4.69) is 17.3 Å². The zero-order valence-corrected chi connectivity index (χ0v) is 13.7. The molecule has 3 rings (SSSR count). The summed E-state index contributed by atoms with van der Waals surface area (Å²) in [5.74, 6) is 0.606. The summed E-state index contributed by atoms with van der Waals surface area (Å²) >= 11 is 3.23. The molecule has 1 atom stereocenters. The van der Waals surface area contributed by atoms with Crippen LogP contribution in [0.5, 0.6) is 0 Å². The molecule has 0 aromatic carbocycles. The van der Waals surface area contributed by atoms with Gasteiger partial charge in [0.2, 0.25) is 11.8 Å². The van der Waals surface area contributed by atoms with Crippen LogP contribution >= 0.6 is 23.1 Å². The van der Waals surface area contributed by atoms with E-state index in [4.69, 9.17) is 0 Å². The first-order chi connectivity index (χ1) is 10.1. The van der Waals surface area contributed by atoms with Crippen molar-refractivity contribution in [3.8, 4) is 0 Å². The van der Waals surface area contributed by atoms with Crippen molar-refractivity contribution >= 4 is 34.9 Å². The summed E-state index contributed by atoms with van der Waals surface area (Å²) < 4.78 is 0.